The summed E-state index contributed by atoms with van der Waals surface area (Å²) in [5.74, 6) is -2.16. The van der Waals surface area contributed by atoms with Gasteiger partial charge in [-0.05, 0) is 52.3 Å². The standard InChI is InChI=1S/C17H14BrFN4O4S/c1-7-9(5-21-16(20)22-7)6-27-10-3-8(12(18)13(19)14(10)24)4-11-15(25)23(2)17(26)28-11/h3-5,24H,6H2,1-2H3,(H2,20,21,22)/b11-4-. The van der Waals surface area contributed by atoms with Crippen LogP contribution in [0.3, 0.4) is 0 Å². The molecule has 1 aromatic carbocycles. The molecule has 11 heteroatoms. The number of aromatic nitrogens is 2. The molecule has 0 atom stereocenters. The predicted octanol–water partition coefficient (Wildman–Crippen LogP) is 3.22. The number of amides is 2. The zero-order valence-electron chi connectivity index (χ0n) is 14.7. The maximum atomic E-state index is 14.4. The van der Waals surface area contributed by atoms with E-state index in [1.165, 1.54) is 25.4 Å². The molecule has 0 radical (unpaired) electrons. The highest BCUT2D eigenvalue weighted by Crippen LogP contribution is 2.40. The summed E-state index contributed by atoms with van der Waals surface area (Å²) < 4.78 is 19.9. The molecule has 2 aromatic rings. The number of nitrogen functional groups attached to an aromatic ring is 1. The molecule has 1 fully saturated rings. The first-order valence-electron chi connectivity index (χ1n) is 7.82. The van der Waals surface area contributed by atoms with E-state index < -0.39 is 22.7 Å². The van der Waals surface area contributed by atoms with Crippen LogP contribution >= 0.6 is 27.7 Å². The highest BCUT2D eigenvalue weighted by atomic mass is 79.9. The summed E-state index contributed by atoms with van der Waals surface area (Å²) in [6.45, 7) is 1.68. The second kappa shape index (κ2) is 7.76. The van der Waals surface area contributed by atoms with Gasteiger partial charge in [-0.15, -0.1) is 0 Å². The zero-order valence-corrected chi connectivity index (χ0v) is 17.1. The Labute approximate surface area is 171 Å². The van der Waals surface area contributed by atoms with E-state index in [2.05, 4.69) is 25.9 Å². The number of carbonyl (C=O) groups excluding carboxylic acids is 2. The van der Waals surface area contributed by atoms with E-state index in [0.717, 1.165) is 16.7 Å². The highest BCUT2D eigenvalue weighted by Gasteiger charge is 2.32. The van der Waals surface area contributed by atoms with Crippen molar-refractivity contribution in [2.75, 3.05) is 12.8 Å². The number of rotatable bonds is 4. The summed E-state index contributed by atoms with van der Waals surface area (Å²) in [5.41, 5.74) is 6.92. The van der Waals surface area contributed by atoms with Gasteiger partial charge in [0, 0.05) is 24.5 Å². The Kier molecular flexibility index (Phi) is 5.57. The lowest BCUT2D eigenvalue weighted by Gasteiger charge is -2.12. The lowest BCUT2D eigenvalue weighted by atomic mass is 10.1. The van der Waals surface area contributed by atoms with Gasteiger partial charge >= 0.3 is 0 Å². The fraction of sp³-hybridized carbons (Fsp3) is 0.176. The van der Waals surface area contributed by atoms with Gasteiger partial charge in [0.25, 0.3) is 11.1 Å². The maximum absolute atomic E-state index is 14.4. The van der Waals surface area contributed by atoms with E-state index in [4.69, 9.17) is 10.5 Å². The quantitative estimate of drug-likeness (QED) is 0.656. The van der Waals surface area contributed by atoms with Crippen LogP contribution in [0.25, 0.3) is 6.08 Å². The van der Waals surface area contributed by atoms with Crippen LogP contribution in [-0.4, -0.2) is 38.2 Å². The first kappa shape index (κ1) is 20.1. The van der Waals surface area contributed by atoms with Crippen molar-refractivity contribution in [3.63, 3.8) is 0 Å². The second-order valence-electron chi connectivity index (χ2n) is 5.81. The molecule has 3 N–H and O–H groups in total. The third-order valence-electron chi connectivity index (χ3n) is 3.93. The van der Waals surface area contributed by atoms with E-state index in [9.17, 15) is 19.1 Å². The van der Waals surface area contributed by atoms with E-state index in [0.29, 0.717) is 11.3 Å². The Hall–Kier alpha value is -2.66. The van der Waals surface area contributed by atoms with Crippen molar-refractivity contribution < 1.29 is 23.8 Å². The molecule has 1 aromatic heterocycles. The Bertz CT molecular complexity index is 1030. The van der Waals surface area contributed by atoms with Gasteiger partial charge in [-0.25, -0.2) is 14.4 Å². The highest BCUT2D eigenvalue weighted by molar-refractivity contribution is 9.10. The number of thioether (sulfide) groups is 1. The van der Waals surface area contributed by atoms with Crippen LogP contribution in [0.2, 0.25) is 0 Å². The van der Waals surface area contributed by atoms with Crippen LogP contribution < -0.4 is 10.5 Å². The van der Waals surface area contributed by atoms with Crippen LogP contribution in [0.4, 0.5) is 15.1 Å². The van der Waals surface area contributed by atoms with Crippen LogP contribution in [-0.2, 0) is 11.4 Å². The van der Waals surface area contributed by atoms with Crippen LogP contribution in [0.1, 0.15) is 16.8 Å². The van der Waals surface area contributed by atoms with Gasteiger partial charge in [0.15, 0.2) is 17.3 Å². The summed E-state index contributed by atoms with van der Waals surface area (Å²) >= 11 is 3.79. The molecular weight excluding hydrogens is 455 g/mol. The first-order chi connectivity index (χ1) is 13.2. The van der Waals surface area contributed by atoms with E-state index in [1.54, 1.807) is 6.92 Å². The normalized spacial score (nSPS) is 15.6. The molecule has 3 rings (SSSR count). The fourth-order valence-electron chi connectivity index (χ4n) is 2.32. The Morgan fingerprint density at radius 1 is 1.46 bits per heavy atom. The van der Waals surface area contributed by atoms with Crippen LogP contribution in [0.5, 0.6) is 11.5 Å². The van der Waals surface area contributed by atoms with Crippen molar-refractivity contribution in [3.05, 3.63) is 44.3 Å². The molecule has 0 saturated carbocycles. The van der Waals surface area contributed by atoms with Crippen molar-refractivity contribution in [1.82, 2.24) is 14.9 Å². The van der Waals surface area contributed by atoms with Gasteiger partial charge in [0.05, 0.1) is 9.38 Å². The van der Waals surface area contributed by atoms with Crippen molar-refractivity contribution in [1.29, 1.82) is 0 Å². The molecule has 1 saturated heterocycles. The molecule has 2 heterocycles. The van der Waals surface area contributed by atoms with Crippen LogP contribution in [0.15, 0.2) is 21.6 Å². The van der Waals surface area contributed by atoms with Crippen molar-refractivity contribution in [2.45, 2.75) is 13.5 Å². The number of phenols is 1. The first-order valence-corrected chi connectivity index (χ1v) is 9.43. The third kappa shape index (κ3) is 3.80. The summed E-state index contributed by atoms with van der Waals surface area (Å²) in [5, 5.41) is 9.63. The lowest BCUT2D eigenvalue weighted by Crippen LogP contribution is -2.22. The number of phenolic OH excluding ortho intramolecular Hbond substituents is 1. The summed E-state index contributed by atoms with van der Waals surface area (Å²) in [6.07, 6.45) is 2.83. The maximum Gasteiger partial charge on any atom is 0.293 e. The number of nitrogens with two attached hydrogens (primary N) is 1. The second-order valence-corrected chi connectivity index (χ2v) is 7.59. The molecule has 0 bridgehead atoms. The van der Waals surface area contributed by atoms with E-state index in [-0.39, 0.29) is 33.2 Å². The monoisotopic (exact) mass is 468 g/mol. The van der Waals surface area contributed by atoms with Gasteiger partial charge < -0.3 is 15.6 Å². The number of anilines is 1. The SMILES string of the molecule is Cc1nc(N)ncc1COc1cc(/C=C2\SC(=O)N(C)C2=O)c(Br)c(F)c1O. The van der Waals surface area contributed by atoms with Gasteiger partial charge in [-0.2, -0.15) is 0 Å². The molecule has 0 aliphatic carbocycles. The largest absolute Gasteiger partial charge is 0.502 e. The number of imide groups is 1. The summed E-state index contributed by atoms with van der Waals surface area (Å²) in [6, 6.07) is 1.36. The van der Waals surface area contributed by atoms with Crippen molar-refractivity contribution in [2.24, 2.45) is 0 Å². The number of aromatic hydroxyl groups is 1. The molecule has 0 unspecified atom stereocenters. The van der Waals surface area contributed by atoms with E-state index >= 15 is 0 Å². The molecule has 8 nitrogen and oxygen atoms in total. The minimum atomic E-state index is -0.954. The molecule has 1 aliphatic heterocycles. The Balaban J connectivity index is 1.93. The molecule has 1 aliphatic rings. The number of benzene rings is 1. The smallest absolute Gasteiger partial charge is 0.293 e. The molecule has 28 heavy (non-hydrogen) atoms. The average molecular weight is 469 g/mol. The lowest BCUT2D eigenvalue weighted by molar-refractivity contribution is -0.121. The van der Waals surface area contributed by atoms with Crippen molar-refractivity contribution >= 4 is 50.9 Å². The predicted molar refractivity (Wildman–Crippen MR) is 105 cm³/mol. The molecular formula is C17H14BrFN4O4S. The number of nitrogens with zero attached hydrogens (tertiary/aromatic N) is 3. The summed E-state index contributed by atoms with van der Waals surface area (Å²) in [4.78, 5) is 32.6. The average Bonchev–Trinajstić information content (AvgIpc) is 2.89. The fourth-order valence-corrected chi connectivity index (χ4v) is 3.56. The topological polar surface area (TPSA) is 119 Å². The Morgan fingerprint density at radius 3 is 2.79 bits per heavy atom. The number of aryl methyl sites for hydroxylation is 1. The van der Waals surface area contributed by atoms with Gasteiger partial charge in [0.2, 0.25) is 5.95 Å². The minimum absolute atomic E-state index is 0.0361. The third-order valence-corrected chi connectivity index (χ3v) is 5.70. The number of hydrogen-bond donors (Lipinski definition) is 2. The van der Waals surface area contributed by atoms with Gasteiger partial charge in [-0.3, -0.25) is 14.5 Å². The van der Waals surface area contributed by atoms with Gasteiger partial charge in [-0.1, -0.05) is 0 Å². The summed E-state index contributed by atoms with van der Waals surface area (Å²) in [7, 11) is 1.36. The van der Waals surface area contributed by atoms with Crippen molar-refractivity contribution in [3.8, 4) is 11.5 Å². The molecule has 2 amide bonds. The number of halogens is 2. The van der Waals surface area contributed by atoms with E-state index in [1.807, 2.05) is 0 Å². The number of carbonyl (C=O) groups is 2. The Morgan fingerprint density at radius 2 is 2.18 bits per heavy atom. The molecule has 0 spiro atoms. The minimum Gasteiger partial charge on any atom is -0.502 e. The van der Waals surface area contributed by atoms with Crippen LogP contribution in [0, 0.1) is 12.7 Å². The number of hydrogen-bond acceptors (Lipinski definition) is 8. The number of likely N-dealkylation sites (N-methyl/N-ethyl adjacent to an activating group) is 1. The molecule has 146 valence electrons. The zero-order chi connectivity index (χ0) is 20.6. The number of ether oxygens (including phenoxy) is 1. The van der Waals surface area contributed by atoms with Gasteiger partial charge in [0.1, 0.15) is 6.61 Å².